The summed E-state index contributed by atoms with van der Waals surface area (Å²) >= 11 is 0. The number of aromatic nitrogens is 1. The van der Waals surface area contributed by atoms with Crippen molar-refractivity contribution < 1.29 is 4.74 Å². The molecule has 0 radical (unpaired) electrons. The monoisotopic (exact) mass is 623 g/mol. The first-order valence-corrected chi connectivity index (χ1v) is 16.9. The van der Waals surface area contributed by atoms with Crippen molar-refractivity contribution in [2.75, 3.05) is 0 Å². The molecule has 8 aromatic carbocycles. The zero-order chi connectivity index (χ0) is 32.1. The number of nitrogens with zero attached hydrogens (tertiary/aromatic N) is 1. The summed E-state index contributed by atoms with van der Waals surface area (Å²) < 4.78 is 9.24. The Morgan fingerprint density at radius 2 is 1.00 bits per heavy atom. The maximum atomic E-state index is 6.76. The molecule has 1 spiro atoms. The summed E-state index contributed by atoms with van der Waals surface area (Å²) in [4.78, 5) is 0. The molecule has 3 heterocycles. The fraction of sp³-hybridized carbons (Fsp3) is 0.0213. The van der Waals surface area contributed by atoms with E-state index in [1.165, 1.54) is 82.8 Å². The lowest BCUT2D eigenvalue weighted by atomic mass is 9.61. The van der Waals surface area contributed by atoms with Crippen molar-refractivity contribution in [2.24, 2.45) is 0 Å². The van der Waals surface area contributed by atoms with Crippen LogP contribution in [0.2, 0.25) is 0 Å². The number of fused-ring (bicyclic) bond motifs is 12. The second-order valence-electron chi connectivity index (χ2n) is 13.3. The van der Waals surface area contributed by atoms with E-state index >= 15 is 0 Å². The normalized spacial score (nSPS) is 15.6. The number of rotatable bonds is 2. The zero-order valence-corrected chi connectivity index (χ0v) is 26.6. The fourth-order valence-electron chi connectivity index (χ4n) is 8.73. The van der Waals surface area contributed by atoms with Crippen LogP contribution in [0.25, 0.3) is 60.5 Å². The lowest BCUT2D eigenvalue weighted by Crippen LogP contribution is -2.37. The lowest BCUT2D eigenvalue weighted by molar-refractivity contribution is 0.434. The Labute approximate surface area is 284 Å². The molecule has 0 fully saturated rings. The minimum absolute atomic E-state index is 0.578. The molecule has 11 rings (SSSR count). The van der Waals surface area contributed by atoms with Gasteiger partial charge >= 0.3 is 0 Å². The average Bonchev–Trinajstić information content (AvgIpc) is 3.51. The van der Waals surface area contributed by atoms with Crippen molar-refractivity contribution in [1.82, 2.24) is 4.57 Å². The van der Waals surface area contributed by atoms with Crippen molar-refractivity contribution in [3.8, 4) is 39.4 Å². The van der Waals surface area contributed by atoms with E-state index < -0.39 is 5.41 Å². The maximum absolute atomic E-state index is 6.76. The predicted molar refractivity (Wildman–Crippen MR) is 201 cm³/mol. The number of para-hydroxylation sites is 4. The summed E-state index contributed by atoms with van der Waals surface area (Å²) in [6.45, 7) is 0. The molecule has 2 aliphatic heterocycles. The van der Waals surface area contributed by atoms with Crippen LogP contribution in [-0.2, 0) is 5.41 Å². The van der Waals surface area contributed by atoms with E-state index in [-0.39, 0.29) is 0 Å². The van der Waals surface area contributed by atoms with Gasteiger partial charge in [-0.25, -0.2) is 0 Å². The van der Waals surface area contributed by atoms with Gasteiger partial charge in [0.2, 0.25) is 0 Å². The number of hydrogen-bond donors (Lipinski definition) is 0. The highest BCUT2D eigenvalue weighted by molar-refractivity contribution is 6.12. The summed E-state index contributed by atoms with van der Waals surface area (Å²) in [5.74, 6) is 1.80. The molecule has 0 bridgehead atoms. The van der Waals surface area contributed by atoms with E-state index in [9.17, 15) is 0 Å². The third kappa shape index (κ3) is 3.55. The molecule has 9 aromatic rings. The van der Waals surface area contributed by atoms with Gasteiger partial charge in [0.25, 0.3) is 0 Å². The minimum atomic E-state index is -0.578. The van der Waals surface area contributed by atoms with Crippen LogP contribution in [-0.4, -0.2) is 4.57 Å². The van der Waals surface area contributed by atoms with Gasteiger partial charge in [-0.2, -0.15) is 0 Å². The summed E-state index contributed by atoms with van der Waals surface area (Å²) in [5, 5.41) is 5.06. The van der Waals surface area contributed by atoms with Crippen LogP contribution in [0.4, 0.5) is 0 Å². The quantitative estimate of drug-likeness (QED) is 0.187. The topological polar surface area (TPSA) is 14.2 Å². The van der Waals surface area contributed by atoms with Gasteiger partial charge in [-0.15, -0.1) is 0 Å². The third-order valence-electron chi connectivity index (χ3n) is 10.8. The average molecular weight is 624 g/mol. The summed E-state index contributed by atoms with van der Waals surface area (Å²) in [7, 11) is 0. The van der Waals surface area contributed by atoms with Crippen LogP contribution >= 0.6 is 0 Å². The molecular weight excluding hydrogens is 595 g/mol. The SMILES string of the molecule is c1ccc2c(c1)Oc1ccc(-c3ccc(-c4ccc5ccccc5c4)cc3)cc1C21c2ccccc2-n2c3ccccc3c3cccc1c32. The van der Waals surface area contributed by atoms with Crippen molar-refractivity contribution in [3.63, 3.8) is 0 Å². The van der Waals surface area contributed by atoms with Crippen LogP contribution in [0.3, 0.4) is 0 Å². The van der Waals surface area contributed by atoms with Gasteiger partial charge in [-0.3, -0.25) is 0 Å². The molecule has 49 heavy (non-hydrogen) atoms. The van der Waals surface area contributed by atoms with Gasteiger partial charge in [0.15, 0.2) is 0 Å². The molecule has 1 atom stereocenters. The Bertz CT molecular complexity index is 2800. The summed E-state index contributed by atoms with van der Waals surface area (Å²) in [6.07, 6.45) is 0. The molecule has 0 amide bonds. The molecule has 0 saturated carbocycles. The van der Waals surface area contributed by atoms with E-state index in [0.29, 0.717) is 0 Å². The van der Waals surface area contributed by atoms with Gasteiger partial charge in [-0.1, -0.05) is 140 Å². The molecule has 228 valence electrons. The largest absolute Gasteiger partial charge is 0.457 e. The highest BCUT2D eigenvalue weighted by Gasteiger charge is 2.50. The maximum Gasteiger partial charge on any atom is 0.132 e. The van der Waals surface area contributed by atoms with Crippen LogP contribution in [0.1, 0.15) is 22.3 Å². The molecular formula is C47H29NO. The van der Waals surface area contributed by atoms with E-state index in [0.717, 1.165) is 11.5 Å². The Kier molecular flexibility index (Phi) is 5.34. The minimum Gasteiger partial charge on any atom is -0.457 e. The molecule has 2 nitrogen and oxygen atoms in total. The van der Waals surface area contributed by atoms with Crippen molar-refractivity contribution in [3.05, 3.63) is 198 Å². The third-order valence-corrected chi connectivity index (χ3v) is 10.8. The van der Waals surface area contributed by atoms with Crippen LogP contribution in [0, 0.1) is 0 Å². The first kappa shape index (κ1) is 26.7. The van der Waals surface area contributed by atoms with Crippen molar-refractivity contribution in [1.29, 1.82) is 0 Å². The van der Waals surface area contributed by atoms with Crippen LogP contribution in [0.5, 0.6) is 11.5 Å². The second-order valence-corrected chi connectivity index (χ2v) is 13.3. The number of hydrogen-bond acceptors (Lipinski definition) is 1. The molecule has 0 saturated heterocycles. The smallest absolute Gasteiger partial charge is 0.132 e. The Morgan fingerprint density at radius 1 is 0.388 bits per heavy atom. The van der Waals surface area contributed by atoms with Gasteiger partial charge in [0, 0.05) is 21.9 Å². The molecule has 0 N–H and O–H groups in total. The van der Waals surface area contributed by atoms with Gasteiger partial charge in [-0.05, 0) is 80.6 Å². The zero-order valence-electron chi connectivity index (χ0n) is 26.6. The first-order valence-electron chi connectivity index (χ1n) is 16.9. The van der Waals surface area contributed by atoms with Crippen molar-refractivity contribution >= 4 is 32.6 Å². The Hall–Kier alpha value is -6.38. The summed E-state index contributed by atoms with van der Waals surface area (Å²) in [5.41, 5.74) is 12.8. The van der Waals surface area contributed by atoms with E-state index in [2.05, 4.69) is 180 Å². The second kappa shape index (κ2) is 9.82. The molecule has 1 aromatic heterocycles. The van der Waals surface area contributed by atoms with Crippen LogP contribution in [0.15, 0.2) is 176 Å². The predicted octanol–water partition coefficient (Wildman–Crippen LogP) is 12.1. The summed E-state index contributed by atoms with van der Waals surface area (Å²) in [6, 6.07) is 64.2. The van der Waals surface area contributed by atoms with Crippen LogP contribution < -0.4 is 4.74 Å². The van der Waals surface area contributed by atoms with Crippen molar-refractivity contribution in [2.45, 2.75) is 5.41 Å². The lowest BCUT2D eigenvalue weighted by Gasteiger charge is -2.45. The highest BCUT2D eigenvalue weighted by Crippen LogP contribution is 2.60. The molecule has 2 heteroatoms. The van der Waals surface area contributed by atoms with E-state index in [1.807, 2.05) is 0 Å². The van der Waals surface area contributed by atoms with Gasteiger partial charge in [0.1, 0.15) is 11.5 Å². The molecule has 0 aliphatic carbocycles. The Morgan fingerprint density at radius 3 is 1.88 bits per heavy atom. The number of ether oxygens (including phenoxy) is 1. The first-order chi connectivity index (χ1) is 24.3. The molecule has 1 unspecified atom stereocenters. The molecule has 2 aliphatic rings. The Balaban J connectivity index is 1.16. The standard InChI is InChI=1S/C47H29NO/c1-2-11-33-28-34(25-24-30(33)10-1)31-20-22-32(23-21-31)35-26-27-45-41(29-35)47(39-15-5-8-19-44(39)49-45)38-14-4-7-18-43(38)48-42-17-6-3-12-36(42)37-13-9-16-40(47)46(37)48/h1-29H. The van der Waals surface area contributed by atoms with E-state index in [4.69, 9.17) is 4.74 Å². The highest BCUT2D eigenvalue weighted by atomic mass is 16.5. The fourth-order valence-corrected chi connectivity index (χ4v) is 8.73. The van der Waals surface area contributed by atoms with Gasteiger partial charge < -0.3 is 9.30 Å². The van der Waals surface area contributed by atoms with E-state index in [1.54, 1.807) is 0 Å². The number of benzene rings is 8. The van der Waals surface area contributed by atoms with Gasteiger partial charge in [0.05, 0.1) is 22.1 Å².